The lowest BCUT2D eigenvalue weighted by Gasteiger charge is -2.14. The Morgan fingerprint density at radius 2 is 1.75 bits per heavy atom. The summed E-state index contributed by atoms with van der Waals surface area (Å²) in [6.07, 6.45) is -1.02. The van der Waals surface area contributed by atoms with E-state index >= 15 is 0 Å². The molecule has 2 nitrogen and oxygen atoms in total. The first-order valence-electron chi connectivity index (χ1n) is 6.10. The molecule has 5 heteroatoms. The topological polar surface area (TPSA) is 32.3 Å². The van der Waals surface area contributed by atoms with Crippen LogP contribution < -0.4 is 5.32 Å². The third-order valence-corrected chi connectivity index (χ3v) is 3.00. The van der Waals surface area contributed by atoms with Crippen LogP contribution in [0.4, 0.5) is 18.9 Å². The summed E-state index contributed by atoms with van der Waals surface area (Å²) in [4.78, 5) is 0. The van der Waals surface area contributed by atoms with Crippen molar-refractivity contribution in [3.63, 3.8) is 0 Å². The van der Waals surface area contributed by atoms with Crippen LogP contribution in [0.1, 0.15) is 17.2 Å². The Morgan fingerprint density at radius 1 is 1.00 bits per heavy atom. The van der Waals surface area contributed by atoms with E-state index in [2.05, 4.69) is 5.32 Å². The Kier molecular flexibility index (Phi) is 4.29. The predicted octanol–water partition coefficient (Wildman–Crippen LogP) is 3.56. The molecule has 0 bridgehead atoms. The molecular weight excluding hydrogens is 267 g/mol. The van der Waals surface area contributed by atoms with Gasteiger partial charge in [-0.25, -0.2) is 13.2 Å². The fraction of sp³-hybridized carbons (Fsp3) is 0.200. The van der Waals surface area contributed by atoms with Crippen molar-refractivity contribution in [2.75, 3.05) is 11.9 Å². The summed E-state index contributed by atoms with van der Waals surface area (Å²) >= 11 is 0. The lowest BCUT2D eigenvalue weighted by atomic mass is 10.1. The van der Waals surface area contributed by atoms with Gasteiger partial charge in [-0.05, 0) is 42.3 Å². The van der Waals surface area contributed by atoms with Gasteiger partial charge >= 0.3 is 0 Å². The van der Waals surface area contributed by atoms with Gasteiger partial charge in [0.05, 0.1) is 6.10 Å². The van der Waals surface area contributed by atoms with E-state index in [0.717, 1.165) is 12.1 Å². The van der Waals surface area contributed by atoms with Gasteiger partial charge in [-0.3, -0.25) is 0 Å². The van der Waals surface area contributed by atoms with Crippen molar-refractivity contribution in [3.8, 4) is 0 Å². The maximum absolute atomic E-state index is 13.3. The van der Waals surface area contributed by atoms with Crippen molar-refractivity contribution in [2.24, 2.45) is 0 Å². The molecule has 2 aromatic rings. The van der Waals surface area contributed by atoms with Crippen LogP contribution in [0.2, 0.25) is 0 Å². The van der Waals surface area contributed by atoms with Gasteiger partial charge in [0.15, 0.2) is 11.6 Å². The number of nitrogens with one attached hydrogen (secondary N) is 1. The Balaban J connectivity index is 2.02. The van der Waals surface area contributed by atoms with Gasteiger partial charge < -0.3 is 10.4 Å². The molecule has 0 saturated carbocycles. The second-order valence-electron chi connectivity index (χ2n) is 4.53. The van der Waals surface area contributed by atoms with E-state index in [1.807, 2.05) is 0 Å². The quantitative estimate of drug-likeness (QED) is 0.898. The van der Waals surface area contributed by atoms with Crippen molar-refractivity contribution in [1.82, 2.24) is 0 Å². The van der Waals surface area contributed by atoms with E-state index in [1.54, 1.807) is 19.1 Å². The van der Waals surface area contributed by atoms with E-state index < -0.39 is 17.7 Å². The minimum Gasteiger partial charge on any atom is -0.387 e. The minimum absolute atomic E-state index is 0.0631. The average Bonchev–Trinajstić information content (AvgIpc) is 2.43. The lowest BCUT2D eigenvalue weighted by molar-refractivity contribution is 0.191. The maximum Gasteiger partial charge on any atom is 0.159 e. The average molecular weight is 281 g/mol. The summed E-state index contributed by atoms with van der Waals surface area (Å²) in [5.41, 5.74) is 1.29. The normalized spacial score (nSPS) is 12.2. The summed E-state index contributed by atoms with van der Waals surface area (Å²) in [5, 5.41) is 12.7. The van der Waals surface area contributed by atoms with E-state index in [4.69, 9.17) is 0 Å². The van der Waals surface area contributed by atoms with Gasteiger partial charge in [-0.15, -0.1) is 0 Å². The highest BCUT2D eigenvalue weighted by atomic mass is 19.2. The van der Waals surface area contributed by atoms with E-state index in [9.17, 15) is 18.3 Å². The van der Waals surface area contributed by atoms with Gasteiger partial charge in [0, 0.05) is 12.2 Å². The number of hydrogen-bond donors (Lipinski definition) is 2. The van der Waals surface area contributed by atoms with Crippen LogP contribution in [-0.2, 0) is 0 Å². The molecule has 0 heterocycles. The van der Waals surface area contributed by atoms with Crippen molar-refractivity contribution < 1.29 is 18.3 Å². The Bertz CT molecular complexity index is 616. The molecule has 0 spiro atoms. The molecule has 0 aliphatic carbocycles. The molecule has 2 N–H and O–H groups in total. The molecule has 1 unspecified atom stereocenters. The smallest absolute Gasteiger partial charge is 0.159 e. The molecule has 2 rings (SSSR count). The van der Waals surface area contributed by atoms with E-state index in [-0.39, 0.29) is 17.9 Å². The second-order valence-corrected chi connectivity index (χ2v) is 4.53. The highest BCUT2D eigenvalue weighted by Crippen LogP contribution is 2.18. The number of anilines is 1. The lowest BCUT2D eigenvalue weighted by Crippen LogP contribution is -2.12. The SMILES string of the molecule is Cc1ccc(NCC(O)c2ccc(F)c(F)c2)cc1F. The number of halogens is 3. The molecule has 0 amide bonds. The Morgan fingerprint density at radius 3 is 2.40 bits per heavy atom. The third kappa shape index (κ3) is 3.30. The molecule has 2 aromatic carbocycles. The van der Waals surface area contributed by atoms with Gasteiger partial charge in [-0.1, -0.05) is 12.1 Å². The number of hydrogen-bond acceptors (Lipinski definition) is 2. The van der Waals surface area contributed by atoms with Crippen LogP contribution in [0.3, 0.4) is 0 Å². The summed E-state index contributed by atoms with van der Waals surface area (Å²) in [5.74, 6) is -2.32. The summed E-state index contributed by atoms with van der Waals surface area (Å²) in [6.45, 7) is 1.71. The molecule has 20 heavy (non-hydrogen) atoms. The van der Waals surface area contributed by atoms with Gasteiger partial charge in [0.2, 0.25) is 0 Å². The van der Waals surface area contributed by atoms with Crippen LogP contribution >= 0.6 is 0 Å². The number of aliphatic hydroxyl groups is 1. The summed E-state index contributed by atoms with van der Waals surface area (Å²) < 4.78 is 39.2. The monoisotopic (exact) mass is 281 g/mol. The zero-order valence-electron chi connectivity index (χ0n) is 10.8. The van der Waals surface area contributed by atoms with Crippen molar-refractivity contribution in [3.05, 3.63) is 65.0 Å². The van der Waals surface area contributed by atoms with Gasteiger partial charge in [-0.2, -0.15) is 0 Å². The van der Waals surface area contributed by atoms with Crippen molar-refractivity contribution >= 4 is 5.69 Å². The van der Waals surface area contributed by atoms with Crippen LogP contribution in [0.15, 0.2) is 36.4 Å². The molecule has 106 valence electrons. The summed E-state index contributed by atoms with van der Waals surface area (Å²) in [6, 6.07) is 7.81. The molecule has 0 aliphatic rings. The van der Waals surface area contributed by atoms with Gasteiger partial charge in [0.1, 0.15) is 5.82 Å². The number of benzene rings is 2. The van der Waals surface area contributed by atoms with Crippen LogP contribution in [0.5, 0.6) is 0 Å². The van der Waals surface area contributed by atoms with Crippen molar-refractivity contribution in [1.29, 1.82) is 0 Å². The Hall–Kier alpha value is -2.01. The highest BCUT2D eigenvalue weighted by molar-refractivity contribution is 5.45. The highest BCUT2D eigenvalue weighted by Gasteiger charge is 2.11. The number of aryl methyl sites for hydroxylation is 1. The fourth-order valence-electron chi connectivity index (χ4n) is 1.75. The number of aliphatic hydroxyl groups excluding tert-OH is 1. The molecule has 0 aliphatic heterocycles. The zero-order valence-corrected chi connectivity index (χ0v) is 10.8. The molecule has 0 saturated heterocycles. The largest absolute Gasteiger partial charge is 0.387 e. The van der Waals surface area contributed by atoms with E-state index in [0.29, 0.717) is 11.3 Å². The zero-order chi connectivity index (χ0) is 14.7. The van der Waals surface area contributed by atoms with E-state index in [1.165, 1.54) is 12.1 Å². The number of rotatable bonds is 4. The molecule has 0 radical (unpaired) electrons. The van der Waals surface area contributed by atoms with Crippen LogP contribution in [0.25, 0.3) is 0 Å². The molecule has 0 fully saturated rings. The Labute approximate surface area is 114 Å². The maximum atomic E-state index is 13.3. The first kappa shape index (κ1) is 14.4. The first-order chi connectivity index (χ1) is 9.47. The van der Waals surface area contributed by atoms with Crippen LogP contribution in [-0.4, -0.2) is 11.7 Å². The predicted molar refractivity (Wildman–Crippen MR) is 70.9 cm³/mol. The molecule has 1 atom stereocenters. The third-order valence-electron chi connectivity index (χ3n) is 3.00. The molecule has 0 aromatic heterocycles. The minimum atomic E-state index is -1.02. The van der Waals surface area contributed by atoms with Crippen molar-refractivity contribution in [2.45, 2.75) is 13.0 Å². The van der Waals surface area contributed by atoms with Gasteiger partial charge in [0.25, 0.3) is 0 Å². The van der Waals surface area contributed by atoms with Crippen LogP contribution in [0, 0.1) is 24.4 Å². The summed E-state index contributed by atoms with van der Waals surface area (Å²) in [7, 11) is 0. The standard InChI is InChI=1S/C15H14F3NO/c1-9-2-4-11(7-13(9)17)19-8-15(20)10-3-5-12(16)14(18)6-10/h2-7,15,19-20H,8H2,1H3. The fourth-order valence-corrected chi connectivity index (χ4v) is 1.75. The first-order valence-corrected chi connectivity index (χ1v) is 6.10. The second kappa shape index (κ2) is 5.96. The molecular formula is C15H14F3NO.